The minimum Gasteiger partial charge on any atom is -0.388 e. The number of aliphatic hydroxyl groups excluding tert-OH is 1. The largest absolute Gasteiger partial charge is 0.388 e. The van der Waals surface area contributed by atoms with E-state index in [9.17, 15) is 5.11 Å². The third kappa shape index (κ3) is 2.86. The molecule has 19 heavy (non-hydrogen) atoms. The predicted molar refractivity (Wildman–Crippen MR) is 79.1 cm³/mol. The minimum atomic E-state index is -0.227. The van der Waals surface area contributed by atoms with E-state index in [4.69, 9.17) is 0 Å². The van der Waals surface area contributed by atoms with Gasteiger partial charge in [-0.05, 0) is 54.6 Å². The second kappa shape index (κ2) is 5.66. The smallest absolute Gasteiger partial charge is 0.0820 e. The summed E-state index contributed by atoms with van der Waals surface area (Å²) in [5.41, 5.74) is 2.65. The van der Waals surface area contributed by atoms with Gasteiger partial charge in [-0.3, -0.25) is 0 Å². The van der Waals surface area contributed by atoms with E-state index in [2.05, 4.69) is 31.2 Å². The summed E-state index contributed by atoms with van der Waals surface area (Å²) in [6.07, 6.45) is 8.74. The summed E-state index contributed by atoms with van der Waals surface area (Å²) in [6, 6.07) is 8.60. The third-order valence-electron chi connectivity index (χ3n) is 5.25. The molecule has 1 heteroatoms. The molecule has 0 aromatic heterocycles. The SMILES string of the molecule is CCC1CCC(C(O)c2ccccc2C2CC2)CC1. The van der Waals surface area contributed by atoms with Gasteiger partial charge in [-0.1, -0.05) is 50.5 Å². The van der Waals surface area contributed by atoms with Crippen molar-refractivity contribution in [3.05, 3.63) is 35.4 Å². The first-order chi connectivity index (χ1) is 9.29. The maximum Gasteiger partial charge on any atom is 0.0820 e. The molecule has 0 amide bonds. The van der Waals surface area contributed by atoms with Crippen molar-refractivity contribution in [3.8, 4) is 0 Å². The molecule has 1 N–H and O–H groups in total. The number of hydrogen-bond donors (Lipinski definition) is 1. The highest BCUT2D eigenvalue weighted by Gasteiger charge is 2.31. The van der Waals surface area contributed by atoms with Crippen LogP contribution in [0.1, 0.15) is 75.0 Å². The zero-order valence-electron chi connectivity index (χ0n) is 12.0. The Labute approximate surface area is 117 Å². The summed E-state index contributed by atoms with van der Waals surface area (Å²) >= 11 is 0. The number of benzene rings is 1. The Morgan fingerprint density at radius 2 is 1.74 bits per heavy atom. The summed E-state index contributed by atoms with van der Waals surface area (Å²) in [4.78, 5) is 0. The summed E-state index contributed by atoms with van der Waals surface area (Å²) in [6.45, 7) is 2.30. The Balaban J connectivity index is 1.71. The van der Waals surface area contributed by atoms with E-state index in [0.29, 0.717) is 5.92 Å². The highest BCUT2D eigenvalue weighted by atomic mass is 16.3. The molecule has 2 aliphatic rings. The Bertz CT molecular complexity index is 413. The van der Waals surface area contributed by atoms with E-state index < -0.39 is 0 Å². The summed E-state index contributed by atoms with van der Waals surface area (Å²) < 4.78 is 0. The number of aliphatic hydroxyl groups is 1. The van der Waals surface area contributed by atoms with Crippen LogP contribution in [-0.2, 0) is 0 Å². The Hall–Kier alpha value is -0.820. The van der Waals surface area contributed by atoms with Gasteiger partial charge in [0.1, 0.15) is 0 Å². The van der Waals surface area contributed by atoms with Gasteiger partial charge in [0.2, 0.25) is 0 Å². The maximum absolute atomic E-state index is 10.8. The van der Waals surface area contributed by atoms with Crippen LogP contribution >= 0.6 is 0 Å². The summed E-state index contributed by atoms with van der Waals surface area (Å²) in [5.74, 6) is 2.13. The molecule has 0 saturated heterocycles. The fourth-order valence-electron chi connectivity index (χ4n) is 3.71. The molecular formula is C18H26O. The van der Waals surface area contributed by atoms with Crippen molar-refractivity contribution in [1.82, 2.24) is 0 Å². The van der Waals surface area contributed by atoms with E-state index >= 15 is 0 Å². The van der Waals surface area contributed by atoms with Crippen LogP contribution in [0, 0.1) is 11.8 Å². The lowest BCUT2D eigenvalue weighted by Gasteiger charge is -2.32. The molecular weight excluding hydrogens is 232 g/mol. The second-order valence-electron chi connectivity index (χ2n) is 6.54. The Morgan fingerprint density at radius 1 is 1.05 bits per heavy atom. The molecule has 2 aliphatic carbocycles. The first-order valence-corrected chi connectivity index (χ1v) is 8.06. The Kier molecular flexibility index (Phi) is 3.93. The fraction of sp³-hybridized carbons (Fsp3) is 0.667. The van der Waals surface area contributed by atoms with Crippen LogP contribution in [0.5, 0.6) is 0 Å². The van der Waals surface area contributed by atoms with Gasteiger partial charge < -0.3 is 5.11 Å². The lowest BCUT2D eigenvalue weighted by Crippen LogP contribution is -2.21. The summed E-state index contributed by atoms with van der Waals surface area (Å²) in [7, 11) is 0. The van der Waals surface area contributed by atoms with Crippen molar-refractivity contribution in [1.29, 1.82) is 0 Å². The first kappa shape index (κ1) is 13.2. The van der Waals surface area contributed by atoms with Crippen LogP contribution in [0.25, 0.3) is 0 Å². The maximum atomic E-state index is 10.8. The van der Waals surface area contributed by atoms with Crippen molar-refractivity contribution in [2.45, 2.75) is 63.9 Å². The highest BCUT2D eigenvalue weighted by molar-refractivity contribution is 5.35. The predicted octanol–water partition coefficient (Wildman–Crippen LogP) is 4.81. The molecule has 3 rings (SSSR count). The molecule has 1 aromatic carbocycles. The average molecular weight is 258 g/mol. The van der Waals surface area contributed by atoms with Gasteiger partial charge >= 0.3 is 0 Å². The average Bonchev–Trinajstić information content (AvgIpc) is 3.31. The van der Waals surface area contributed by atoms with E-state index in [1.54, 1.807) is 0 Å². The van der Waals surface area contributed by atoms with Crippen LogP contribution in [0.2, 0.25) is 0 Å². The second-order valence-corrected chi connectivity index (χ2v) is 6.54. The molecule has 1 aromatic rings. The third-order valence-corrected chi connectivity index (χ3v) is 5.25. The molecule has 104 valence electrons. The molecule has 2 saturated carbocycles. The summed E-state index contributed by atoms with van der Waals surface area (Å²) in [5, 5.41) is 10.8. The van der Waals surface area contributed by atoms with Gasteiger partial charge in [-0.2, -0.15) is 0 Å². The van der Waals surface area contributed by atoms with Crippen LogP contribution in [0.15, 0.2) is 24.3 Å². The van der Waals surface area contributed by atoms with Gasteiger partial charge in [0.15, 0.2) is 0 Å². The van der Waals surface area contributed by atoms with Crippen LogP contribution < -0.4 is 0 Å². The number of hydrogen-bond acceptors (Lipinski definition) is 1. The standard InChI is InChI=1S/C18H26O/c1-2-13-7-9-15(10-8-13)18(19)17-6-4-3-5-16(17)14-11-12-14/h3-6,13-15,18-19H,2,7-12H2,1H3. The van der Waals surface area contributed by atoms with Crippen LogP contribution in [-0.4, -0.2) is 5.11 Å². The molecule has 2 fully saturated rings. The number of rotatable bonds is 4. The van der Waals surface area contributed by atoms with Gasteiger partial charge in [-0.15, -0.1) is 0 Å². The quantitative estimate of drug-likeness (QED) is 0.821. The zero-order chi connectivity index (χ0) is 13.2. The van der Waals surface area contributed by atoms with Gasteiger partial charge in [0.05, 0.1) is 6.10 Å². The van der Waals surface area contributed by atoms with Crippen molar-refractivity contribution in [2.24, 2.45) is 11.8 Å². The van der Waals surface area contributed by atoms with Gasteiger partial charge in [0, 0.05) is 0 Å². The molecule has 0 spiro atoms. The minimum absolute atomic E-state index is 0.227. The zero-order valence-corrected chi connectivity index (χ0v) is 12.0. The van der Waals surface area contributed by atoms with E-state index in [1.165, 1.54) is 56.1 Å². The molecule has 1 atom stereocenters. The lowest BCUT2D eigenvalue weighted by molar-refractivity contribution is 0.0722. The van der Waals surface area contributed by atoms with Gasteiger partial charge in [0.25, 0.3) is 0 Å². The highest BCUT2D eigenvalue weighted by Crippen LogP contribution is 2.45. The Morgan fingerprint density at radius 3 is 2.37 bits per heavy atom. The molecule has 1 unspecified atom stereocenters. The lowest BCUT2D eigenvalue weighted by atomic mass is 9.76. The molecule has 0 radical (unpaired) electrons. The van der Waals surface area contributed by atoms with E-state index in [-0.39, 0.29) is 6.10 Å². The van der Waals surface area contributed by atoms with Crippen molar-refractivity contribution in [3.63, 3.8) is 0 Å². The fourth-order valence-corrected chi connectivity index (χ4v) is 3.71. The van der Waals surface area contributed by atoms with E-state index in [0.717, 1.165) is 11.8 Å². The first-order valence-electron chi connectivity index (χ1n) is 8.06. The van der Waals surface area contributed by atoms with Crippen molar-refractivity contribution < 1.29 is 5.11 Å². The van der Waals surface area contributed by atoms with Crippen molar-refractivity contribution in [2.75, 3.05) is 0 Å². The molecule has 0 aliphatic heterocycles. The van der Waals surface area contributed by atoms with Gasteiger partial charge in [-0.25, -0.2) is 0 Å². The molecule has 0 heterocycles. The molecule has 0 bridgehead atoms. The van der Waals surface area contributed by atoms with Crippen LogP contribution in [0.4, 0.5) is 0 Å². The van der Waals surface area contributed by atoms with Crippen molar-refractivity contribution >= 4 is 0 Å². The van der Waals surface area contributed by atoms with E-state index in [1.807, 2.05) is 0 Å². The van der Waals surface area contributed by atoms with Crippen LogP contribution in [0.3, 0.4) is 0 Å². The monoisotopic (exact) mass is 258 g/mol. The topological polar surface area (TPSA) is 20.2 Å². The normalized spacial score (nSPS) is 29.2. The molecule has 1 nitrogen and oxygen atoms in total.